The number of carbonyl (C=O) groups excluding carboxylic acids is 1. The molecular weight excluding hydrogens is 246 g/mol. The zero-order valence-corrected chi connectivity index (χ0v) is 10.8. The van der Waals surface area contributed by atoms with Gasteiger partial charge in [0, 0.05) is 18.0 Å². The first kappa shape index (κ1) is 12.9. The Hall–Kier alpha value is -2.50. The van der Waals surface area contributed by atoms with E-state index in [0.29, 0.717) is 17.3 Å². The number of rotatable bonds is 5. The zero-order valence-electron chi connectivity index (χ0n) is 10.8. The number of imidazole rings is 1. The van der Waals surface area contributed by atoms with Crippen LogP contribution in [0.15, 0.2) is 30.6 Å². The Morgan fingerprint density at radius 2 is 2.05 bits per heavy atom. The molecule has 100 valence electrons. The largest absolute Gasteiger partial charge is 0.493 e. The van der Waals surface area contributed by atoms with E-state index in [-0.39, 0.29) is 6.54 Å². The number of benzene rings is 1. The third-order valence-electron chi connectivity index (χ3n) is 2.68. The van der Waals surface area contributed by atoms with Crippen LogP contribution in [0, 0.1) is 0 Å². The van der Waals surface area contributed by atoms with E-state index in [1.54, 1.807) is 43.3 Å². The maximum absolute atomic E-state index is 11.0. The van der Waals surface area contributed by atoms with E-state index in [2.05, 4.69) is 4.98 Å². The van der Waals surface area contributed by atoms with Crippen LogP contribution >= 0.6 is 0 Å². The highest BCUT2D eigenvalue weighted by Gasteiger charge is 2.11. The fourth-order valence-electron chi connectivity index (χ4n) is 1.84. The van der Waals surface area contributed by atoms with E-state index < -0.39 is 5.91 Å². The van der Waals surface area contributed by atoms with Crippen LogP contribution in [0.5, 0.6) is 11.5 Å². The van der Waals surface area contributed by atoms with Gasteiger partial charge in [0.2, 0.25) is 5.91 Å². The fraction of sp³-hybridized carbons (Fsp3) is 0.231. The highest BCUT2D eigenvalue weighted by Crippen LogP contribution is 2.31. The Morgan fingerprint density at radius 3 is 2.68 bits per heavy atom. The van der Waals surface area contributed by atoms with Crippen LogP contribution in [0.4, 0.5) is 0 Å². The lowest BCUT2D eigenvalue weighted by Crippen LogP contribution is -2.18. The molecule has 6 heteroatoms. The number of primary amides is 1. The van der Waals surface area contributed by atoms with Gasteiger partial charge in [-0.05, 0) is 18.2 Å². The number of aromatic nitrogens is 2. The molecule has 1 heterocycles. The summed E-state index contributed by atoms with van der Waals surface area (Å²) in [5, 5.41) is 0. The average Bonchev–Trinajstić information content (AvgIpc) is 2.85. The highest BCUT2D eigenvalue weighted by molar-refractivity contribution is 5.74. The average molecular weight is 261 g/mol. The SMILES string of the molecule is COc1ccc(-c2nccn2CC(N)=O)cc1OC. The molecule has 0 atom stereocenters. The summed E-state index contributed by atoms with van der Waals surface area (Å²) in [4.78, 5) is 15.2. The minimum atomic E-state index is -0.417. The van der Waals surface area contributed by atoms with E-state index in [0.717, 1.165) is 5.56 Å². The molecule has 19 heavy (non-hydrogen) atoms. The predicted molar refractivity (Wildman–Crippen MR) is 70.0 cm³/mol. The van der Waals surface area contributed by atoms with Gasteiger partial charge >= 0.3 is 0 Å². The Balaban J connectivity index is 2.42. The molecule has 0 aliphatic rings. The molecule has 0 radical (unpaired) electrons. The quantitative estimate of drug-likeness (QED) is 0.872. The van der Waals surface area contributed by atoms with Gasteiger partial charge in [-0.25, -0.2) is 4.98 Å². The van der Waals surface area contributed by atoms with Crippen molar-refractivity contribution in [2.24, 2.45) is 5.73 Å². The van der Waals surface area contributed by atoms with Crippen LogP contribution in [0.2, 0.25) is 0 Å². The van der Waals surface area contributed by atoms with Crippen LogP contribution in [0.3, 0.4) is 0 Å². The van der Waals surface area contributed by atoms with Crippen molar-refractivity contribution in [1.29, 1.82) is 0 Å². The molecule has 2 rings (SSSR count). The third kappa shape index (κ3) is 2.67. The van der Waals surface area contributed by atoms with Gasteiger partial charge in [-0.3, -0.25) is 4.79 Å². The molecule has 0 fully saturated rings. The molecule has 6 nitrogen and oxygen atoms in total. The molecule has 1 aromatic carbocycles. The summed E-state index contributed by atoms with van der Waals surface area (Å²) in [6.45, 7) is 0.0870. The van der Waals surface area contributed by atoms with E-state index in [9.17, 15) is 4.79 Å². The molecule has 0 unspecified atom stereocenters. The van der Waals surface area contributed by atoms with Gasteiger partial charge in [-0.2, -0.15) is 0 Å². The number of carbonyl (C=O) groups is 1. The second-order valence-electron chi connectivity index (χ2n) is 3.91. The van der Waals surface area contributed by atoms with Crippen molar-refractivity contribution >= 4 is 5.91 Å². The van der Waals surface area contributed by atoms with E-state index in [1.807, 2.05) is 6.07 Å². The van der Waals surface area contributed by atoms with Crippen molar-refractivity contribution in [1.82, 2.24) is 9.55 Å². The van der Waals surface area contributed by atoms with Crippen LogP contribution in [0.25, 0.3) is 11.4 Å². The molecule has 1 aromatic heterocycles. The van der Waals surface area contributed by atoms with Crippen molar-refractivity contribution in [3.05, 3.63) is 30.6 Å². The molecule has 0 bridgehead atoms. The maximum atomic E-state index is 11.0. The number of ether oxygens (including phenoxy) is 2. The smallest absolute Gasteiger partial charge is 0.237 e. The van der Waals surface area contributed by atoms with Crippen molar-refractivity contribution in [3.8, 4) is 22.9 Å². The van der Waals surface area contributed by atoms with Gasteiger partial charge < -0.3 is 19.8 Å². The summed E-state index contributed by atoms with van der Waals surface area (Å²) in [5.41, 5.74) is 6.02. The molecule has 0 saturated heterocycles. The Bertz CT molecular complexity index is 593. The first-order valence-corrected chi connectivity index (χ1v) is 5.67. The maximum Gasteiger partial charge on any atom is 0.237 e. The van der Waals surface area contributed by atoms with Crippen LogP contribution in [-0.2, 0) is 11.3 Å². The van der Waals surface area contributed by atoms with Crippen LogP contribution < -0.4 is 15.2 Å². The van der Waals surface area contributed by atoms with Crippen molar-refractivity contribution in [3.63, 3.8) is 0 Å². The minimum Gasteiger partial charge on any atom is -0.493 e. The molecule has 0 saturated carbocycles. The van der Waals surface area contributed by atoms with E-state index >= 15 is 0 Å². The van der Waals surface area contributed by atoms with Gasteiger partial charge in [-0.1, -0.05) is 0 Å². The van der Waals surface area contributed by atoms with Crippen molar-refractivity contribution < 1.29 is 14.3 Å². The first-order chi connectivity index (χ1) is 9.15. The number of methoxy groups -OCH3 is 2. The molecule has 2 aromatic rings. The lowest BCUT2D eigenvalue weighted by atomic mass is 10.2. The summed E-state index contributed by atoms with van der Waals surface area (Å²) >= 11 is 0. The number of hydrogen-bond acceptors (Lipinski definition) is 4. The van der Waals surface area contributed by atoms with Crippen molar-refractivity contribution in [2.45, 2.75) is 6.54 Å². The van der Waals surface area contributed by atoms with Gasteiger partial charge in [0.25, 0.3) is 0 Å². The summed E-state index contributed by atoms with van der Waals surface area (Å²) in [6, 6.07) is 5.44. The summed E-state index contributed by atoms with van der Waals surface area (Å²) in [7, 11) is 3.14. The molecular formula is C13H15N3O3. The second-order valence-corrected chi connectivity index (χ2v) is 3.91. The molecule has 0 aliphatic carbocycles. The normalized spacial score (nSPS) is 10.2. The number of nitrogens with zero attached hydrogens (tertiary/aromatic N) is 2. The summed E-state index contributed by atoms with van der Waals surface area (Å²) in [6.07, 6.45) is 3.33. The van der Waals surface area contributed by atoms with Crippen LogP contribution in [0.1, 0.15) is 0 Å². The second kappa shape index (κ2) is 5.43. The van der Waals surface area contributed by atoms with Crippen molar-refractivity contribution in [2.75, 3.05) is 14.2 Å². The topological polar surface area (TPSA) is 79.4 Å². The van der Waals surface area contributed by atoms with Gasteiger partial charge in [0.1, 0.15) is 12.4 Å². The Labute approximate surface area is 110 Å². The number of hydrogen-bond donors (Lipinski definition) is 1. The summed E-state index contributed by atoms with van der Waals surface area (Å²) in [5.74, 6) is 1.48. The fourth-order valence-corrected chi connectivity index (χ4v) is 1.84. The van der Waals surface area contributed by atoms with Gasteiger partial charge in [-0.15, -0.1) is 0 Å². The predicted octanol–water partition coefficient (Wildman–Crippen LogP) is 1.05. The number of nitrogens with two attached hydrogens (primary N) is 1. The Kier molecular flexibility index (Phi) is 3.70. The van der Waals surface area contributed by atoms with Crippen LogP contribution in [-0.4, -0.2) is 29.7 Å². The first-order valence-electron chi connectivity index (χ1n) is 5.67. The van der Waals surface area contributed by atoms with Gasteiger partial charge in [0.05, 0.1) is 14.2 Å². The van der Waals surface area contributed by atoms with E-state index in [1.165, 1.54) is 0 Å². The molecule has 2 N–H and O–H groups in total. The standard InChI is InChI=1S/C13H15N3O3/c1-18-10-4-3-9(7-11(10)19-2)13-15-5-6-16(13)8-12(14)17/h3-7H,8H2,1-2H3,(H2,14,17). The number of amides is 1. The zero-order chi connectivity index (χ0) is 13.8. The molecule has 1 amide bonds. The lowest BCUT2D eigenvalue weighted by Gasteiger charge is -2.10. The highest BCUT2D eigenvalue weighted by atomic mass is 16.5. The Morgan fingerprint density at radius 1 is 1.32 bits per heavy atom. The molecule has 0 aliphatic heterocycles. The van der Waals surface area contributed by atoms with E-state index in [4.69, 9.17) is 15.2 Å². The monoisotopic (exact) mass is 261 g/mol. The minimum absolute atomic E-state index is 0.0870. The lowest BCUT2D eigenvalue weighted by molar-refractivity contribution is -0.118. The third-order valence-corrected chi connectivity index (χ3v) is 2.68. The summed E-state index contributed by atoms with van der Waals surface area (Å²) < 4.78 is 12.1. The van der Waals surface area contributed by atoms with Gasteiger partial charge in [0.15, 0.2) is 11.5 Å². The molecule has 0 spiro atoms.